The predicted molar refractivity (Wildman–Crippen MR) is 162 cm³/mol. The van der Waals surface area contributed by atoms with Gasteiger partial charge in [-0.05, 0) is 72.1 Å². The summed E-state index contributed by atoms with van der Waals surface area (Å²) in [6.45, 7) is 1.84. The fourth-order valence-corrected chi connectivity index (χ4v) is 5.96. The van der Waals surface area contributed by atoms with Gasteiger partial charge in [0.05, 0.1) is 17.1 Å². The highest BCUT2D eigenvalue weighted by Crippen LogP contribution is 2.36. The second-order valence-corrected chi connectivity index (χ2v) is 10.7. The Kier molecular flexibility index (Phi) is 6.87. The van der Waals surface area contributed by atoms with Crippen molar-refractivity contribution in [1.82, 2.24) is 10.3 Å². The number of carboxylic acid groups (broad SMARTS) is 1. The Morgan fingerprint density at radius 3 is 2.32 bits per heavy atom. The summed E-state index contributed by atoms with van der Waals surface area (Å²) >= 11 is 1.43. The van der Waals surface area contributed by atoms with Crippen molar-refractivity contribution < 1.29 is 19.5 Å². The third-order valence-electron chi connectivity index (χ3n) is 7.14. The maximum atomic E-state index is 13.9. The van der Waals surface area contributed by atoms with E-state index in [1.54, 1.807) is 24.4 Å². The molecule has 0 bridgehead atoms. The highest BCUT2D eigenvalue weighted by atomic mass is 32.1. The van der Waals surface area contributed by atoms with Crippen molar-refractivity contribution in [2.45, 2.75) is 13.0 Å². The zero-order valence-electron chi connectivity index (χ0n) is 22.0. The molecule has 6 aromatic rings. The van der Waals surface area contributed by atoms with E-state index in [0.29, 0.717) is 22.1 Å². The standard InChI is InChI=1S/C34H24N2O4S/c1-20(21-9-11-23(12-10-21)34(39)40)36-33(38)27-17-26(22-6-3-2-4-7-22)18-30-31(27)28(19-41-30)32(37)25-13-14-29-24(16-25)8-5-15-35-29/h2-20H,1H3,(H,36,38)(H,39,40)/t20-/m0/s1. The molecule has 1 atom stereocenters. The van der Waals surface area contributed by atoms with E-state index in [-0.39, 0.29) is 17.3 Å². The number of nitrogens with zero attached hydrogens (tertiary/aromatic N) is 1. The van der Waals surface area contributed by atoms with Crippen LogP contribution in [0.1, 0.15) is 55.2 Å². The summed E-state index contributed by atoms with van der Waals surface area (Å²) in [5.74, 6) is -1.50. The van der Waals surface area contributed by atoms with Gasteiger partial charge in [0, 0.05) is 43.7 Å². The average molecular weight is 557 g/mol. The number of carbonyl (C=O) groups is 3. The maximum absolute atomic E-state index is 13.9. The Hall–Kier alpha value is -5.14. The van der Waals surface area contributed by atoms with Crippen molar-refractivity contribution in [2.75, 3.05) is 0 Å². The van der Waals surface area contributed by atoms with Gasteiger partial charge in [-0.15, -0.1) is 11.3 Å². The Bertz CT molecular complexity index is 1950. The molecule has 200 valence electrons. The first kappa shape index (κ1) is 26.1. The SMILES string of the molecule is C[C@H](NC(=O)c1cc(-c2ccccc2)cc2scc(C(=O)c3ccc4ncccc4c3)c12)c1ccc(C(=O)O)cc1. The Labute approximate surface area is 239 Å². The van der Waals surface area contributed by atoms with Crippen LogP contribution in [0.5, 0.6) is 0 Å². The van der Waals surface area contributed by atoms with Crippen LogP contribution in [0.15, 0.2) is 109 Å². The molecule has 1 amide bonds. The molecule has 0 radical (unpaired) electrons. The predicted octanol–water partition coefficient (Wildman–Crippen LogP) is 7.54. The second-order valence-electron chi connectivity index (χ2n) is 9.77. The van der Waals surface area contributed by atoms with Crippen molar-refractivity contribution in [1.29, 1.82) is 0 Å². The first-order valence-corrected chi connectivity index (χ1v) is 13.9. The topological polar surface area (TPSA) is 96.4 Å². The minimum absolute atomic E-state index is 0.166. The van der Waals surface area contributed by atoms with E-state index in [9.17, 15) is 19.5 Å². The highest BCUT2D eigenvalue weighted by Gasteiger charge is 2.23. The first-order valence-electron chi connectivity index (χ1n) is 13.0. The molecular formula is C34H24N2O4S. The molecule has 0 aliphatic carbocycles. The van der Waals surface area contributed by atoms with Crippen LogP contribution in [0, 0.1) is 0 Å². The number of hydrogen-bond acceptors (Lipinski definition) is 5. The van der Waals surface area contributed by atoms with Gasteiger partial charge in [-0.1, -0.05) is 48.5 Å². The number of fused-ring (bicyclic) bond motifs is 2. The number of hydrogen-bond donors (Lipinski definition) is 2. The lowest BCUT2D eigenvalue weighted by atomic mass is 9.94. The second kappa shape index (κ2) is 10.8. The summed E-state index contributed by atoms with van der Waals surface area (Å²) in [5.41, 5.74) is 4.98. The van der Waals surface area contributed by atoms with Crippen LogP contribution >= 0.6 is 11.3 Å². The van der Waals surface area contributed by atoms with Gasteiger partial charge < -0.3 is 10.4 Å². The smallest absolute Gasteiger partial charge is 0.335 e. The molecule has 0 fully saturated rings. The van der Waals surface area contributed by atoms with Gasteiger partial charge in [-0.2, -0.15) is 0 Å². The molecule has 0 aliphatic rings. The van der Waals surface area contributed by atoms with Crippen molar-refractivity contribution >= 4 is 50.0 Å². The number of benzene rings is 4. The summed E-state index contributed by atoms with van der Waals surface area (Å²) < 4.78 is 0.834. The molecule has 2 heterocycles. The Morgan fingerprint density at radius 2 is 1.56 bits per heavy atom. The van der Waals surface area contributed by atoms with Gasteiger partial charge in [0.15, 0.2) is 5.78 Å². The van der Waals surface area contributed by atoms with Crippen LogP contribution in [0.25, 0.3) is 32.1 Å². The van der Waals surface area contributed by atoms with Crippen molar-refractivity contribution in [3.05, 3.63) is 136 Å². The van der Waals surface area contributed by atoms with Gasteiger partial charge in [0.25, 0.3) is 5.91 Å². The molecule has 4 aromatic carbocycles. The number of carbonyl (C=O) groups excluding carboxylic acids is 2. The Balaban J connectivity index is 1.42. The first-order chi connectivity index (χ1) is 19.9. The molecule has 6 rings (SSSR count). The van der Waals surface area contributed by atoms with Crippen molar-refractivity contribution in [3.63, 3.8) is 0 Å². The van der Waals surface area contributed by atoms with Gasteiger partial charge in [0.1, 0.15) is 0 Å². The summed E-state index contributed by atoms with van der Waals surface area (Å²) in [7, 11) is 0. The van der Waals surface area contributed by atoms with Gasteiger partial charge in [-0.25, -0.2) is 4.79 Å². The monoisotopic (exact) mass is 556 g/mol. The summed E-state index contributed by atoms with van der Waals surface area (Å²) in [6, 6.07) is 28.8. The van der Waals surface area contributed by atoms with E-state index in [0.717, 1.165) is 32.3 Å². The number of carboxylic acids is 1. The van der Waals surface area contributed by atoms with Crippen LogP contribution in [-0.2, 0) is 0 Å². The number of aromatic nitrogens is 1. The van der Waals surface area contributed by atoms with E-state index in [4.69, 9.17) is 0 Å². The number of nitrogens with one attached hydrogen (secondary N) is 1. The lowest BCUT2D eigenvalue weighted by Gasteiger charge is -2.16. The van der Waals surface area contributed by atoms with Gasteiger partial charge >= 0.3 is 5.97 Å². The molecule has 0 saturated carbocycles. The third kappa shape index (κ3) is 5.11. The van der Waals surface area contributed by atoms with Crippen LogP contribution in [0.2, 0.25) is 0 Å². The zero-order valence-corrected chi connectivity index (χ0v) is 22.8. The normalized spacial score (nSPS) is 11.8. The summed E-state index contributed by atoms with van der Waals surface area (Å²) in [4.78, 5) is 43.3. The number of rotatable bonds is 7. The van der Waals surface area contributed by atoms with Crippen molar-refractivity contribution in [3.8, 4) is 11.1 Å². The van der Waals surface area contributed by atoms with E-state index in [2.05, 4.69) is 10.3 Å². The lowest BCUT2D eigenvalue weighted by molar-refractivity contribution is 0.0696. The summed E-state index contributed by atoms with van der Waals surface area (Å²) in [5, 5.41) is 15.6. The number of aromatic carboxylic acids is 1. The minimum Gasteiger partial charge on any atom is -0.478 e. The number of ketones is 1. The summed E-state index contributed by atoms with van der Waals surface area (Å²) in [6.07, 6.45) is 1.72. The molecular weight excluding hydrogens is 532 g/mol. The van der Waals surface area contributed by atoms with Crippen LogP contribution in [0.4, 0.5) is 0 Å². The maximum Gasteiger partial charge on any atom is 0.335 e. The van der Waals surface area contributed by atoms with Crippen LogP contribution < -0.4 is 5.32 Å². The Morgan fingerprint density at radius 1 is 0.805 bits per heavy atom. The molecule has 0 aliphatic heterocycles. The molecule has 41 heavy (non-hydrogen) atoms. The van der Waals surface area contributed by atoms with E-state index in [1.807, 2.05) is 79.0 Å². The zero-order chi connectivity index (χ0) is 28.5. The van der Waals surface area contributed by atoms with Crippen molar-refractivity contribution in [2.24, 2.45) is 0 Å². The quantitative estimate of drug-likeness (QED) is 0.198. The van der Waals surface area contributed by atoms with Crippen LogP contribution in [-0.4, -0.2) is 27.8 Å². The average Bonchev–Trinajstić information content (AvgIpc) is 3.44. The van der Waals surface area contributed by atoms with E-state index >= 15 is 0 Å². The third-order valence-corrected chi connectivity index (χ3v) is 8.07. The fourth-order valence-electron chi connectivity index (χ4n) is 4.96. The molecule has 0 unspecified atom stereocenters. The molecule has 0 spiro atoms. The molecule has 0 saturated heterocycles. The van der Waals surface area contributed by atoms with Gasteiger partial charge in [-0.3, -0.25) is 14.6 Å². The number of thiophene rings is 1. The van der Waals surface area contributed by atoms with Gasteiger partial charge in [0.2, 0.25) is 0 Å². The number of pyridine rings is 1. The number of amides is 1. The van der Waals surface area contributed by atoms with E-state index < -0.39 is 12.0 Å². The largest absolute Gasteiger partial charge is 0.478 e. The fraction of sp³-hybridized carbons (Fsp3) is 0.0588. The molecule has 2 N–H and O–H groups in total. The highest BCUT2D eigenvalue weighted by molar-refractivity contribution is 7.17. The molecule has 6 nitrogen and oxygen atoms in total. The van der Waals surface area contributed by atoms with Crippen LogP contribution in [0.3, 0.4) is 0 Å². The minimum atomic E-state index is -1.01. The molecule has 7 heteroatoms. The lowest BCUT2D eigenvalue weighted by Crippen LogP contribution is -2.27. The van der Waals surface area contributed by atoms with E-state index in [1.165, 1.54) is 23.5 Å². The molecule has 2 aromatic heterocycles.